The average Bonchev–Trinajstić information content (AvgIpc) is 2.38. The van der Waals surface area contributed by atoms with E-state index in [4.69, 9.17) is 15.3 Å². The highest BCUT2D eigenvalue weighted by atomic mass is 16.5. The van der Waals surface area contributed by atoms with Gasteiger partial charge in [0.15, 0.2) is 0 Å². The summed E-state index contributed by atoms with van der Waals surface area (Å²) >= 11 is 0. The van der Waals surface area contributed by atoms with Crippen LogP contribution < -0.4 is 0 Å². The molecule has 0 atom stereocenters. The summed E-state index contributed by atoms with van der Waals surface area (Å²) in [6, 6.07) is 0. The Balaban J connectivity index is 0. The molecule has 0 aliphatic rings. The van der Waals surface area contributed by atoms with E-state index >= 15 is 0 Å². The van der Waals surface area contributed by atoms with Crippen molar-refractivity contribution >= 4 is 11.9 Å². The molecule has 0 radical (unpaired) electrons. The molecular weight excluding hydrogens is 256 g/mol. The standard InChI is InChI=1S/C8H12O4.C4H10O3/c1-2-3-6-12-8(11)5-4-7(9)10;5-1-3-7-4-2-6/h4-5H,2-3,6H2,1H3,(H,9,10);5-6H,1-4H2/b5-4-;. The van der Waals surface area contributed by atoms with Crippen LogP contribution in [0.15, 0.2) is 12.2 Å². The van der Waals surface area contributed by atoms with Gasteiger partial charge in [0.1, 0.15) is 0 Å². The van der Waals surface area contributed by atoms with Crippen LogP contribution in [0.3, 0.4) is 0 Å². The summed E-state index contributed by atoms with van der Waals surface area (Å²) in [5, 5.41) is 24.3. The third kappa shape index (κ3) is 22.3. The number of carboxylic acids is 1. The predicted molar refractivity (Wildman–Crippen MR) is 67.6 cm³/mol. The van der Waals surface area contributed by atoms with Gasteiger partial charge in [-0.2, -0.15) is 0 Å². The number of ether oxygens (including phenoxy) is 2. The predicted octanol–water partition coefficient (Wildman–Crippen LogP) is -0.0419. The summed E-state index contributed by atoms with van der Waals surface area (Å²) < 4.78 is 9.28. The summed E-state index contributed by atoms with van der Waals surface area (Å²) in [4.78, 5) is 20.6. The van der Waals surface area contributed by atoms with E-state index in [-0.39, 0.29) is 13.2 Å². The SMILES string of the molecule is CCCCOC(=O)/C=C\C(=O)O.OCCOCCO. The molecule has 0 aromatic heterocycles. The lowest BCUT2D eigenvalue weighted by molar-refractivity contribution is -0.138. The molecule has 0 heterocycles. The molecule has 0 aromatic carbocycles. The molecule has 3 N–H and O–H groups in total. The Morgan fingerprint density at radius 1 is 1.05 bits per heavy atom. The van der Waals surface area contributed by atoms with Gasteiger partial charge in [0.2, 0.25) is 0 Å². The first-order valence-electron chi connectivity index (χ1n) is 5.95. The van der Waals surface area contributed by atoms with Crippen molar-refractivity contribution in [3.05, 3.63) is 12.2 Å². The third-order valence-corrected chi connectivity index (χ3v) is 1.58. The highest BCUT2D eigenvalue weighted by molar-refractivity contribution is 5.90. The topological polar surface area (TPSA) is 113 Å². The van der Waals surface area contributed by atoms with Crippen LogP contribution in [0.2, 0.25) is 0 Å². The lowest BCUT2D eigenvalue weighted by Gasteiger charge is -1.97. The summed E-state index contributed by atoms with van der Waals surface area (Å²) in [6.45, 7) is 3.02. The number of aliphatic hydroxyl groups excluding tert-OH is 2. The second-order valence-electron chi connectivity index (χ2n) is 3.25. The maximum atomic E-state index is 10.6. The van der Waals surface area contributed by atoms with Crippen LogP contribution in [0, 0.1) is 0 Å². The van der Waals surface area contributed by atoms with Crippen molar-refractivity contribution in [1.82, 2.24) is 0 Å². The van der Waals surface area contributed by atoms with Crippen LogP contribution >= 0.6 is 0 Å². The Morgan fingerprint density at radius 3 is 2.05 bits per heavy atom. The fourth-order valence-electron chi connectivity index (χ4n) is 0.736. The number of rotatable bonds is 9. The maximum absolute atomic E-state index is 10.6. The van der Waals surface area contributed by atoms with Crippen LogP contribution in [0.5, 0.6) is 0 Å². The highest BCUT2D eigenvalue weighted by Gasteiger charge is 1.96. The van der Waals surface area contributed by atoms with E-state index in [0.717, 1.165) is 25.0 Å². The van der Waals surface area contributed by atoms with Gasteiger partial charge < -0.3 is 24.8 Å². The second-order valence-corrected chi connectivity index (χ2v) is 3.25. The number of carboxylic acid groups (broad SMARTS) is 1. The van der Waals surface area contributed by atoms with Gasteiger partial charge in [-0.05, 0) is 6.42 Å². The number of hydrogen-bond donors (Lipinski definition) is 3. The van der Waals surface area contributed by atoms with Crippen LogP contribution in [-0.2, 0) is 19.1 Å². The normalized spacial score (nSPS) is 9.84. The van der Waals surface area contributed by atoms with Crippen LogP contribution in [-0.4, -0.2) is 60.3 Å². The number of aliphatic carboxylic acids is 1. The number of carbonyl (C=O) groups is 2. The van der Waals surface area contributed by atoms with Gasteiger partial charge in [-0.25, -0.2) is 9.59 Å². The number of hydrogen-bond acceptors (Lipinski definition) is 6. The summed E-state index contributed by atoms with van der Waals surface area (Å²) in [5.41, 5.74) is 0. The number of esters is 1. The minimum atomic E-state index is -1.15. The molecule has 7 heteroatoms. The molecule has 0 aliphatic heterocycles. The number of aliphatic hydroxyl groups is 2. The molecule has 0 spiro atoms. The van der Waals surface area contributed by atoms with Crippen LogP contribution in [0.1, 0.15) is 19.8 Å². The maximum Gasteiger partial charge on any atom is 0.331 e. The highest BCUT2D eigenvalue weighted by Crippen LogP contribution is 1.89. The van der Waals surface area contributed by atoms with Crippen molar-refractivity contribution in [3.8, 4) is 0 Å². The van der Waals surface area contributed by atoms with Gasteiger partial charge in [0.25, 0.3) is 0 Å². The first kappa shape index (κ1) is 19.9. The Labute approximate surface area is 112 Å². The van der Waals surface area contributed by atoms with Gasteiger partial charge in [0.05, 0.1) is 33.0 Å². The van der Waals surface area contributed by atoms with Gasteiger partial charge in [0, 0.05) is 12.2 Å². The first-order chi connectivity index (χ1) is 9.08. The molecule has 0 fully saturated rings. The molecule has 0 rings (SSSR count). The monoisotopic (exact) mass is 278 g/mol. The van der Waals surface area contributed by atoms with Crippen molar-refractivity contribution in [2.24, 2.45) is 0 Å². The van der Waals surface area contributed by atoms with E-state index in [1.165, 1.54) is 0 Å². The lowest BCUT2D eigenvalue weighted by atomic mass is 10.4. The molecule has 0 aliphatic carbocycles. The average molecular weight is 278 g/mol. The molecule has 0 bridgehead atoms. The largest absolute Gasteiger partial charge is 0.478 e. The molecule has 112 valence electrons. The van der Waals surface area contributed by atoms with E-state index in [1.807, 2.05) is 6.92 Å². The van der Waals surface area contributed by atoms with Crippen molar-refractivity contribution in [3.63, 3.8) is 0 Å². The van der Waals surface area contributed by atoms with Gasteiger partial charge >= 0.3 is 11.9 Å². The Bertz CT molecular complexity index is 246. The Kier molecular flexibility index (Phi) is 17.3. The van der Waals surface area contributed by atoms with Crippen LogP contribution in [0.25, 0.3) is 0 Å². The minimum absolute atomic E-state index is 0.0278. The molecule has 0 aromatic rings. The zero-order valence-corrected chi connectivity index (χ0v) is 11.1. The number of unbranched alkanes of at least 4 members (excludes halogenated alkanes) is 1. The van der Waals surface area contributed by atoms with Crippen LogP contribution in [0.4, 0.5) is 0 Å². The Hall–Kier alpha value is -1.44. The fraction of sp³-hybridized carbons (Fsp3) is 0.667. The van der Waals surface area contributed by atoms with Crippen molar-refractivity contribution in [1.29, 1.82) is 0 Å². The minimum Gasteiger partial charge on any atom is -0.478 e. The number of carbonyl (C=O) groups excluding carboxylic acids is 1. The summed E-state index contributed by atoms with van der Waals surface area (Å²) in [5.74, 6) is -1.76. The molecule has 0 saturated carbocycles. The summed E-state index contributed by atoms with van der Waals surface area (Å²) in [7, 11) is 0. The molecule has 7 nitrogen and oxygen atoms in total. The van der Waals surface area contributed by atoms with E-state index in [1.54, 1.807) is 0 Å². The molecule has 0 unspecified atom stereocenters. The van der Waals surface area contributed by atoms with Crippen molar-refractivity contribution < 1.29 is 34.4 Å². The van der Waals surface area contributed by atoms with E-state index in [9.17, 15) is 9.59 Å². The van der Waals surface area contributed by atoms with E-state index in [0.29, 0.717) is 19.8 Å². The van der Waals surface area contributed by atoms with Crippen molar-refractivity contribution in [2.75, 3.05) is 33.0 Å². The summed E-state index contributed by atoms with van der Waals surface area (Å²) in [6.07, 6.45) is 3.40. The zero-order chi connectivity index (χ0) is 14.9. The Morgan fingerprint density at radius 2 is 1.63 bits per heavy atom. The van der Waals surface area contributed by atoms with E-state index < -0.39 is 11.9 Å². The lowest BCUT2D eigenvalue weighted by Crippen LogP contribution is -2.03. The van der Waals surface area contributed by atoms with Gasteiger partial charge in [-0.1, -0.05) is 13.3 Å². The molecule has 0 amide bonds. The quantitative estimate of drug-likeness (QED) is 0.308. The molecule has 19 heavy (non-hydrogen) atoms. The zero-order valence-electron chi connectivity index (χ0n) is 11.1. The fourth-order valence-corrected chi connectivity index (χ4v) is 0.736. The smallest absolute Gasteiger partial charge is 0.331 e. The first-order valence-corrected chi connectivity index (χ1v) is 5.95. The third-order valence-electron chi connectivity index (χ3n) is 1.58. The van der Waals surface area contributed by atoms with Gasteiger partial charge in [-0.15, -0.1) is 0 Å². The molecular formula is C12H22O7. The van der Waals surface area contributed by atoms with Gasteiger partial charge in [-0.3, -0.25) is 0 Å². The second kappa shape index (κ2) is 16.6. The van der Waals surface area contributed by atoms with E-state index in [2.05, 4.69) is 9.47 Å². The molecule has 0 saturated heterocycles. The van der Waals surface area contributed by atoms with Crippen molar-refractivity contribution in [2.45, 2.75) is 19.8 Å².